The van der Waals surface area contributed by atoms with E-state index in [-0.39, 0.29) is 29.5 Å². The Kier molecular flexibility index (Phi) is 5.38. The Morgan fingerprint density at radius 1 is 1.03 bits per heavy atom. The summed E-state index contributed by atoms with van der Waals surface area (Å²) >= 11 is 0. The minimum absolute atomic E-state index is 0.0708. The van der Waals surface area contributed by atoms with Crippen LogP contribution in [-0.4, -0.2) is 22.8 Å². The van der Waals surface area contributed by atoms with Gasteiger partial charge in [0.2, 0.25) is 0 Å². The van der Waals surface area contributed by atoms with E-state index in [1.165, 1.54) is 5.56 Å². The van der Waals surface area contributed by atoms with Gasteiger partial charge in [-0.1, -0.05) is 52.0 Å². The van der Waals surface area contributed by atoms with Gasteiger partial charge in [0.1, 0.15) is 11.9 Å². The lowest BCUT2D eigenvalue weighted by Crippen LogP contribution is -2.43. The molecule has 1 aromatic carbocycles. The van der Waals surface area contributed by atoms with E-state index < -0.39 is 6.04 Å². The Balaban J connectivity index is 1.63. The number of anilines is 1. The standard InChI is InChI=1S/C28H32N2O3/c1-15(2)19-6-8-20(9-7-19)25-24-26(31)21-13-17(4)18(5)14-22(21)33-27(24)28(32)30(25)23-12-16(3)10-11-29-23/h6-12,15,17-18,21-22,25H,13-14H2,1-5H3. The minimum Gasteiger partial charge on any atom is -0.483 e. The molecule has 1 aliphatic carbocycles. The van der Waals surface area contributed by atoms with E-state index in [4.69, 9.17) is 4.74 Å². The number of benzene rings is 1. The third kappa shape index (κ3) is 3.58. The first kappa shape index (κ1) is 21.9. The molecule has 0 radical (unpaired) electrons. The number of fused-ring (bicyclic) bond motifs is 1. The molecule has 0 saturated heterocycles. The van der Waals surface area contributed by atoms with Gasteiger partial charge in [0.15, 0.2) is 11.5 Å². The highest BCUT2D eigenvalue weighted by Crippen LogP contribution is 2.49. The van der Waals surface area contributed by atoms with Crippen LogP contribution < -0.4 is 4.90 Å². The molecule has 5 heteroatoms. The molecule has 3 aliphatic rings. The Morgan fingerprint density at radius 2 is 1.73 bits per heavy atom. The van der Waals surface area contributed by atoms with Gasteiger partial charge in [-0.05, 0) is 66.3 Å². The van der Waals surface area contributed by atoms with E-state index in [9.17, 15) is 9.59 Å². The van der Waals surface area contributed by atoms with Gasteiger partial charge in [0.25, 0.3) is 5.91 Å². The second kappa shape index (κ2) is 8.12. The first-order valence-corrected chi connectivity index (χ1v) is 12.1. The number of rotatable bonds is 3. The zero-order valence-corrected chi connectivity index (χ0v) is 20.0. The maximum Gasteiger partial charge on any atom is 0.295 e. The zero-order chi connectivity index (χ0) is 23.4. The molecule has 5 rings (SSSR count). The number of carbonyl (C=O) groups is 2. The van der Waals surface area contributed by atoms with Crippen molar-refractivity contribution in [1.82, 2.24) is 4.98 Å². The lowest BCUT2D eigenvalue weighted by Gasteiger charge is -2.40. The molecule has 33 heavy (non-hydrogen) atoms. The fourth-order valence-electron chi connectivity index (χ4n) is 5.53. The second-order valence-electron chi connectivity index (χ2n) is 10.4. The highest BCUT2D eigenvalue weighted by atomic mass is 16.5. The molecule has 5 unspecified atom stereocenters. The van der Waals surface area contributed by atoms with Crippen LogP contribution in [0.1, 0.15) is 69.2 Å². The minimum atomic E-state index is -0.522. The molecule has 2 aromatic rings. The van der Waals surface area contributed by atoms with E-state index >= 15 is 0 Å². The van der Waals surface area contributed by atoms with Gasteiger partial charge in [-0.15, -0.1) is 0 Å². The number of nitrogens with zero attached hydrogens (tertiary/aromatic N) is 2. The monoisotopic (exact) mass is 444 g/mol. The molecule has 1 fully saturated rings. The smallest absolute Gasteiger partial charge is 0.295 e. The van der Waals surface area contributed by atoms with Gasteiger partial charge in [0, 0.05) is 6.20 Å². The topological polar surface area (TPSA) is 59.5 Å². The fraction of sp³-hybridized carbons (Fsp3) is 0.464. The van der Waals surface area contributed by atoms with E-state index in [0.29, 0.717) is 29.1 Å². The molecule has 5 atom stereocenters. The summed E-state index contributed by atoms with van der Waals surface area (Å²) in [6, 6.07) is 11.5. The quantitative estimate of drug-likeness (QED) is 0.627. The molecule has 172 valence electrons. The van der Waals surface area contributed by atoms with Crippen LogP contribution in [0.2, 0.25) is 0 Å². The average Bonchev–Trinajstić information content (AvgIpc) is 3.08. The number of amides is 1. The van der Waals surface area contributed by atoms with Crippen LogP contribution in [0.3, 0.4) is 0 Å². The number of ether oxygens (including phenoxy) is 1. The van der Waals surface area contributed by atoms with Crippen molar-refractivity contribution in [3.63, 3.8) is 0 Å². The Bertz CT molecular complexity index is 1130. The summed E-state index contributed by atoms with van der Waals surface area (Å²) in [7, 11) is 0. The Labute approximate surface area is 195 Å². The molecule has 3 heterocycles. The van der Waals surface area contributed by atoms with Crippen molar-refractivity contribution in [2.45, 2.75) is 65.5 Å². The first-order valence-electron chi connectivity index (χ1n) is 12.1. The summed E-state index contributed by atoms with van der Waals surface area (Å²) < 4.78 is 6.35. The summed E-state index contributed by atoms with van der Waals surface area (Å²) in [5.74, 6) is 1.71. The van der Waals surface area contributed by atoms with Crippen LogP contribution in [0.5, 0.6) is 0 Å². The van der Waals surface area contributed by atoms with Gasteiger partial charge in [-0.2, -0.15) is 0 Å². The normalized spacial score (nSPS) is 29.3. The molecule has 1 aromatic heterocycles. The highest BCUT2D eigenvalue weighted by molar-refractivity contribution is 6.17. The van der Waals surface area contributed by atoms with Crippen molar-refractivity contribution in [1.29, 1.82) is 0 Å². The summed E-state index contributed by atoms with van der Waals surface area (Å²) in [5, 5.41) is 0. The maximum absolute atomic E-state index is 13.9. The number of aromatic nitrogens is 1. The van der Waals surface area contributed by atoms with Gasteiger partial charge >= 0.3 is 0 Å². The van der Waals surface area contributed by atoms with E-state index in [1.807, 2.05) is 31.2 Å². The number of pyridine rings is 1. The van der Waals surface area contributed by atoms with Crippen molar-refractivity contribution < 1.29 is 14.3 Å². The van der Waals surface area contributed by atoms with Crippen LogP contribution in [-0.2, 0) is 14.3 Å². The number of ketones is 1. The van der Waals surface area contributed by atoms with Crippen LogP contribution in [0.4, 0.5) is 5.82 Å². The summed E-state index contributed by atoms with van der Waals surface area (Å²) in [4.78, 5) is 33.8. The molecular weight excluding hydrogens is 412 g/mol. The molecular formula is C28H32N2O3. The molecule has 1 saturated carbocycles. The van der Waals surface area contributed by atoms with E-state index in [2.05, 4.69) is 44.8 Å². The predicted octanol–water partition coefficient (Wildman–Crippen LogP) is 5.51. The second-order valence-corrected chi connectivity index (χ2v) is 10.4. The number of aryl methyl sites for hydroxylation is 1. The fourth-order valence-corrected chi connectivity index (χ4v) is 5.53. The average molecular weight is 445 g/mol. The predicted molar refractivity (Wildman–Crippen MR) is 128 cm³/mol. The molecule has 0 N–H and O–H groups in total. The highest BCUT2D eigenvalue weighted by Gasteiger charge is 2.54. The van der Waals surface area contributed by atoms with Crippen molar-refractivity contribution in [2.24, 2.45) is 17.8 Å². The Hall–Kier alpha value is -2.95. The van der Waals surface area contributed by atoms with E-state index in [1.54, 1.807) is 11.1 Å². The van der Waals surface area contributed by atoms with Gasteiger partial charge in [0.05, 0.1) is 17.5 Å². The largest absolute Gasteiger partial charge is 0.483 e. The van der Waals surface area contributed by atoms with Crippen molar-refractivity contribution in [3.05, 3.63) is 70.6 Å². The summed E-state index contributed by atoms with van der Waals surface area (Å²) in [6.07, 6.45) is 3.09. The molecule has 1 amide bonds. The Morgan fingerprint density at radius 3 is 2.39 bits per heavy atom. The van der Waals surface area contributed by atoms with Crippen molar-refractivity contribution >= 4 is 17.5 Å². The maximum atomic E-state index is 13.9. The van der Waals surface area contributed by atoms with Crippen LogP contribution in [0.15, 0.2) is 53.9 Å². The number of Topliss-reactive ketones (excluding diaryl/α,β-unsaturated/α-hetero) is 1. The lowest BCUT2D eigenvalue weighted by atomic mass is 9.70. The van der Waals surface area contributed by atoms with Crippen LogP contribution >= 0.6 is 0 Å². The van der Waals surface area contributed by atoms with Gasteiger partial charge < -0.3 is 4.74 Å². The lowest BCUT2D eigenvalue weighted by molar-refractivity contribution is -0.134. The number of carbonyl (C=O) groups excluding carboxylic acids is 2. The molecule has 0 bridgehead atoms. The SMILES string of the molecule is Cc1ccnc(N2C(=O)C3=C(C(=O)C4CC(C)C(C)CC4O3)C2c2ccc(C(C)C)cc2)c1. The summed E-state index contributed by atoms with van der Waals surface area (Å²) in [6.45, 7) is 10.7. The van der Waals surface area contributed by atoms with Gasteiger partial charge in [-0.3, -0.25) is 14.5 Å². The molecule has 0 spiro atoms. The number of hydrogen-bond donors (Lipinski definition) is 0. The summed E-state index contributed by atoms with van der Waals surface area (Å²) in [5.41, 5.74) is 3.64. The van der Waals surface area contributed by atoms with Gasteiger partial charge in [-0.25, -0.2) is 4.98 Å². The third-order valence-electron chi connectivity index (χ3n) is 7.78. The third-order valence-corrected chi connectivity index (χ3v) is 7.78. The first-order chi connectivity index (χ1) is 15.8. The van der Waals surface area contributed by atoms with Crippen molar-refractivity contribution in [2.75, 3.05) is 4.90 Å². The zero-order valence-electron chi connectivity index (χ0n) is 20.0. The van der Waals surface area contributed by atoms with E-state index in [0.717, 1.165) is 24.0 Å². The molecule has 2 aliphatic heterocycles. The molecule has 5 nitrogen and oxygen atoms in total. The van der Waals surface area contributed by atoms with Crippen LogP contribution in [0, 0.1) is 24.7 Å². The van der Waals surface area contributed by atoms with Crippen molar-refractivity contribution in [3.8, 4) is 0 Å². The number of hydrogen-bond acceptors (Lipinski definition) is 4. The van der Waals surface area contributed by atoms with Crippen LogP contribution in [0.25, 0.3) is 0 Å².